The lowest BCUT2D eigenvalue weighted by atomic mass is 10.3. The van der Waals surface area contributed by atoms with Crippen molar-refractivity contribution in [1.82, 2.24) is 0 Å². The third-order valence-corrected chi connectivity index (χ3v) is 3.57. The molecule has 2 N–H and O–H groups in total. The fourth-order valence-electron chi connectivity index (χ4n) is 1.32. The van der Waals surface area contributed by atoms with E-state index >= 15 is 0 Å². The fraction of sp³-hybridized carbons (Fsp3) is 0. The highest BCUT2D eigenvalue weighted by atomic mass is 32.2. The van der Waals surface area contributed by atoms with Crippen molar-refractivity contribution in [2.75, 3.05) is 0 Å². The largest absolute Gasteiger partial charge is 0.420 e. The van der Waals surface area contributed by atoms with Gasteiger partial charge < -0.3 is 10.5 Å². The molecule has 0 aromatic heterocycles. The first-order valence-corrected chi connectivity index (χ1v) is 6.36. The second-order valence-electron chi connectivity index (χ2n) is 3.45. The number of carbonyl (C=O) groups is 1. The Morgan fingerprint density at radius 3 is 2.50 bits per heavy atom. The van der Waals surface area contributed by atoms with Crippen molar-refractivity contribution in [2.45, 2.75) is 0 Å². The minimum absolute atomic E-state index is 0.291. The zero-order chi connectivity index (χ0) is 13.3. The van der Waals surface area contributed by atoms with E-state index in [-0.39, 0.29) is 11.3 Å². The Kier molecular flexibility index (Phi) is 2.92. The molecule has 1 aromatic carbocycles. The van der Waals surface area contributed by atoms with Crippen LogP contribution in [0.2, 0.25) is 0 Å². The number of sulfone groups is 1. The second kappa shape index (κ2) is 4.26. The van der Waals surface area contributed by atoms with Crippen molar-refractivity contribution >= 4 is 15.8 Å². The van der Waals surface area contributed by atoms with Gasteiger partial charge in [-0.25, -0.2) is 17.6 Å². The predicted octanol–water partition coefficient (Wildman–Crippen LogP) is 0.844. The number of hydrogen-bond donors (Lipinski definition) is 1. The second-order valence-corrected chi connectivity index (χ2v) is 5.25. The van der Waals surface area contributed by atoms with Gasteiger partial charge in [0.2, 0.25) is 9.84 Å². The summed E-state index contributed by atoms with van der Waals surface area (Å²) in [6, 6.07) is 5.27. The summed E-state index contributed by atoms with van der Waals surface area (Å²) in [4.78, 5) is 11.6. The monoisotopic (exact) mass is 269 g/mol. The van der Waals surface area contributed by atoms with E-state index in [2.05, 4.69) is 0 Å². The van der Waals surface area contributed by atoms with E-state index in [1.165, 1.54) is 18.2 Å². The number of ether oxygens (including phenoxy) is 1. The Labute approximate surface area is 102 Å². The van der Waals surface area contributed by atoms with Crippen molar-refractivity contribution in [3.05, 3.63) is 52.2 Å². The van der Waals surface area contributed by atoms with Gasteiger partial charge in [0, 0.05) is 5.41 Å². The molecule has 5 nitrogen and oxygen atoms in total. The van der Waals surface area contributed by atoms with Crippen LogP contribution in [0.5, 0.6) is 5.75 Å². The van der Waals surface area contributed by atoms with Gasteiger partial charge in [-0.2, -0.15) is 0 Å². The first kappa shape index (κ1) is 12.3. The summed E-state index contributed by atoms with van der Waals surface area (Å²) < 4.78 is 40.4. The zero-order valence-corrected chi connectivity index (χ0v) is 9.78. The standard InChI is InChI=1S/C11H8FNO4S/c12-8-3-1-2-4-9(8)17-11(14)7-5-6-18(15,16)10(7)13/h1-6H,13H2. The smallest absolute Gasteiger partial charge is 0.346 e. The van der Waals surface area contributed by atoms with Crippen molar-refractivity contribution < 1.29 is 22.3 Å². The molecule has 0 saturated heterocycles. The van der Waals surface area contributed by atoms with Gasteiger partial charge in [-0.15, -0.1) is 0 Å². The van der Waals surface area contributed by atoms with Crippen molar-refractivity contribution in [2.24, 2.45) is 5.73 Å². The van der Waals surface area contributed by atoms with Crippen molar-refractivity contribution in [3.63, 3.8) is 0 Å². The highest BCUT2D eigenvalue weighted by Crippen LogP contribution is 2.22. The van der Waals surface area contributed by atoms with Gasteiger partial charge >= 0.3 is 5.97 Å². The van der Waals surface area contributed by atoms with Gasteiger partial charge in [0.15, 0.2) is 11.6 Å². The first-order valence-electron chi connectivity index (χ1n) is 4.81. The number of para-hydroxylation sites is 1. The molecule has 1 heterocycles. The molecule has 0 aliphatic carbocycles. The van der Waals surface area contributed by atoms with E-state index < -0.39 is 26.7 Å². The molecule has 0 atom stereocenters. The number of halogens is 1. The van der Waals surface area contributed by atoms with Gasteiger partial charge in [-0.3, -0.25) is 0 Å². The number of esters is 1. The van der Waals surface area contributed by atoms with Crippen LogP contribution >= 0.6 is 0 Å². The summed E-state index contributed by atoms with van der Waals surface area (Å²) in [6.07, 6.45) is 1.02. The van der Waals surface area contributed by atoms with E-state index in [1.807, 2.05) is 0 Å². The molecule has 18 heavy (non-hydrogen) atoms. The van der Waals surface area contributed by atoms with Crippen LogP contribution in [-0.4, -0.2) is 14.4 Å². The summed E-state index contributed by atoms with van der Waals surface area (Å²) in [5.41, 5.74) is 4.98. The molecule has 94 valence electrons. The van der Waals surface area contributed by atoms with Crippen LogP contribution in [0.1, 0.15) is 0 Å². The molecular formula is C11H8FNO4S. The maximum absolute atomic E-state index is 13.2. The van der Waals surface area contributed by atoms with Crippen LogP contribution in [0.4, 0.5) is 4.39 Å². The minimum atomic E-state index is -3.74. The molecule has 0 amide bonds. The average Bonchev–Trinajstić information content (AvgIpc) is 2.58. The van der Waals surface area contributed by atoms with Crippen molar-refractivity contribution in [1.29, 1.82) is 0 Å². The molecule has 0 bridgehead atoms. The molecule has 0 unspecified atom stereocenters. The Bertz CT molecular complexity index is 676. The predicted molar refractivity (Wildman–Crippen MR) is 61.3 cm³/mol. The van der Waals surface area contributed by atoms with E-state index in [9.17, 15) is 17.6 Å². The Hall–Kier alpha value is -2.15. The molecular weight excluding hydrogens is 261 g/mol. The van der Waals surface area contributed by atoms with Gasteiger partial charge in [0.05, 0.1) is 5.57 Å². The number of carbonyl (C=O) groups excluding carboxylic acids is 1. The lowest BCUT2D eigenvalue weighted by Crippen LogP contribution is -2.16. The molecule has 0 saturated carbocycles. The molecule has 1 aromatic rings. The molecule has 1 aliphatic heterocycles. The molecule has 2 rings (SSSR count). The maximum atomic E-state index is 13.2. The Morgan fingerprint density at radius 2 is 1.94 bits per heavy atom. The molecule has 1 aliphatic rings. The topological polar surface area (TPSA) is 86.5 Å². The SMILES string of the molecule is NC1=C(C(=O)Oc2ccccc2F)C=CS1(=O)=O. The number of nitrogens with two attached hydrogens (primary N) is 1. The van der Waals surface area contributed by atoms with E-state index in [0.717, 1.165) is 17.6 Å². The third kappa shape index (κ3) is 2.12. The van der Waals surface area contributed by atoms with Gasteiger partial charge in [0.25, 0.3) is 0 Å². The van der Waals surface area contributed by atoms with Crippen LogP contribution in [0.3, 0.4) is 0 Å². The summed E-state index contributed by atoms with van der Waals surface area (Å²) in [6.45, 7) is 0. The Morgan fingerprint density at radius 1 is 1.28 bits per heavy atom. The normalized spacial score (nSPS) is 16.9. The van der Waals surface area contributed by atoms with Gasteiger partial charge in [-0.05, 0) is 18.2 Å². The maximum Gasteiger partial charge on any atom is 0.346 e. The van der Waals surface area contributed by atoms with Crippen LogP contribution < -0.4 is 10.5 Å². The zero-order valence-electron chi connectivity index (χ0n) is 8.96. The van der Waals surface area contributed by atoms with E-state index in [1.54, 1.807) is 0 Å². The van der Waals surface area contributed by atoms with Crippen LogP contribution in [0.15, 0.2) is 46.4 Å². The summed E-state index contributed by atoms with van der Waals surface area (Å²) in [5, 5.41) is 0.198. The van der Waals surface area contributed by atoms with Gasteiger partial charge in [0.1, 0.15) is 5.03 Å². The molecule has 0 fully saturated rings. The quantitative estimate of drug-likeness (QED) is 0.635. The molecule has 7 heteroatoms. The average molecular weight is 269 g/mol. The lowest BCUT2D eigenvalue weighted by molar-refractivity contribution is -0.130. The number of rotatable bonds is 2. The van der Waals surface area contributed by atoms with Crippen LogP contribution in [0, 0.1) is 5.82 Å². The van der Waals surface area contributed by atoms with Gasteiger partial charge in [-0.1, -0.05) is 12.1 Å². The van der Waals surface area contributed by atoms with E-state index in [4.69, 9.17) is 10.5 Å². The summed E-state index contributed by atoms with van der Waals surface area (Å²) in [5.74, 6) is -2.04. The Balaban J connectivity index is 2.29. The molecule has 0 spiro atoms. The highest BCUT2D eigenvalue weighted by molar-refractivity contribution is 7.98. The van der Waals surface area contributed by atoms with E-state index in [0.29, 0.717) is 0 Å². The fourth-order valence-corrected chi connectivity index (χ4v) is 2.24. The summed E-state index contributed by atoms with van der Waals surface area (Å²) >= 11 is 0. The first-order chi connectivity index (χ1) is 8.42. The third-order valence-electron chi connectivity index (χ3n) is 2.25. The van der Waals surface area contributed by atoms with Crippen LogP contribution in [-0.2, 0) is 14.6 Å². The molecule has 0 radical (unpaired) electrons. The summed E-state index contributed by atoms with van der Waals surface area (Å²) in [7, 11) is -3.74. The minimum Gasteiger partial charge on any atom is -0.420 e. The highest BCUT2D eigenvalue weighted by Gasteiger charge is 2.27. The lowest BCUT2D eigenvalue weighted by Gasteiger charge is -2.05. The number of hydrogen-bond acceptors (Lipinski definition) is 5. The van der Waals surface area contributed by atoms with Crippen molar-refractivity contribution in [3.8, 4) is 5.75 Å². The van der Waals surface area contributed by atoms with Crippen LogP contribution in [0.25, 0.3) is 0 Å². The number of benzene rings is 1.